The van der Waals surface area contributed by atoms with Gasteiger partial charge in [-0.25, -0.2) is 0 Å². The van der Waals surface area contributed by atoms with Gasteiger partial charge in [0, 0.05) is 50.8 Å². The summed E-state index contributed by atoms with van der Waals surface area (Å²) in [5.41, 5.74) is 4.00. The predicted molar refractivity (Wildman–Crippen MR) is 132 cm³/mol. The number of carbonyl (C=O) groups excluding carboxylic acids is 2. The molecule has 2 aromatic rings. The molecule has 0 aliphatic carbocycles. The molecular formula is C22H28IN5O2. The van der Waals surface area contributed by atoms with Crippen LogP contribution >= 0.6 is 24.0 Å². The van der Waals surface area contributed by atoms with E-state index in [1.807, 2.05) is 42.5 Å². The van der Waals surface area contributed by atoms with Gasteiger partial charge in [0.15, 0.2) is 5.96 Å². The highest BCUT2D eigenvalue weighted by atomic mass is 127. The van der Waals surface area contributed by atoms with E-state index in [0.29, 0.717) is 18.9 Å². The van der Waals surface area contributed by atoms with Crippen molar-refractivity contribution >= 4 is 53.1 Å². The molecule has 7 nitrogen and oxygen atoms in total. The number of nitrogens with one attached hydrogen (secondary N) is 4. The Bertz CT molecular complexity index is 899. The van der Waals surface area contributed by atoms with Crippen molar-refractivity contribution in [1.82, 2.24) is 10.6 Å². The maximum atomic E-state index is 12.0. The highest BCUT2D eigenvalue weighted by Gasteiger charge is 2.24. The first-order valence-corrected chi connectivity index (χ1v) is 9.75. The van der Waals surface area contributed by atoms with Crippen molar-refractivity contribution in [2.45, 2.75) is 25.7 Å². The van der Waals surface area contributed by atoms with Crippen LogP contribution in [-0.4, -0.2) is 37.9 Å². The van der Waals surface area contributed by atoms with Crippen molar-refractivity contribution in [2.75, 3.05) is 30.8 Å². The molecule has 4 N–H and O–H groups in total. The zero-order valence-electron chi connectivity index (χ0n) is 17.2. The van der Waals surface area contributed by atoms with Crippen LogP contribution in [0.2, 0.25) is 0 Å². The summed E-state index contributed by atoms with van der Waals surface area (Å²) < 4.78 is 0. The van der Waals surface area contributed by atoms with Crippen LogP contribution in [-0.2, 0) is 16.0 Å². The normalized spacial score (nSPS) is 15.3. The molecule has 1 unspecified atom stereocenters. The quantitative estimate of drug-likeness (QED) is 0.267. The zero-order valence-corrected chi connectivity index (χ0v) is 19.5. The predicted octanol–water partition coefficient (Wildman–Crippen LogP) is 3.10. The Morgan fingerprint density at radius 2 is 1.87 bits per heavy atom. The van der Waals surface area contributed by atoms with Crippen molar-refractivity contribution in [3.8, 4) is 0 Å². The lowest BCUT2D eigenvalue weighted by atomic mass is 9.90. The van der Waals surface area contributed by atoms with Crippen molar-refractivity contribution in [3.05, 3.63) is 59.7 Å². The number of benzene rings is 2. The molecule has 0 saturated heterocycles. The fourth-order valence-corrected chi connectivity index (χ4v) is 3.41. The molecule has 0 aromatic heterocycles. The number of rotatable bonds is 6. The van der Waals surface area contributed by atoms with Gasteiger partial charge in [-0.2, -0.15) is 0 Å². The average Bonchev–Trinajstić information content (AvgIpc) is 2.71. The van der Waals surface area contributed by atoms with Crippen LogP contribution < -0.4 is 21.3 Å². The van der Waals surface area contributed by atoms with Crippen LogP contribution in [0.4, 0.5) is 11.4 Å². The van der Waals surface area contributed by atoms with E-state index in [1.165, 1.54) is 12.5 Å². The Morgan fingerprint density at radius 1 is 1.13 bits per heavy atom. The summed E-state index contributed by atoms with van der Waals surface area (Å²) in [5, 5.41) is 12.3. The Hall–Kier alpha value is -2.62. The molecule has 0 radical (unpaired) electrons. The number of guanidine groups is 1. The number of aliphatic imine (C=N–C) groups is 1. The van der Waals surface area contributed by atoms with Crippen LogP contribution in [0.3, 0.4) is 0 Å². The molecule has 3 rings (SSSR count). The van der Waals surface area contributed by atoms with Crippen molar-refractivity contribution in [1.29, 1.82) is 0 Å². The van der Waals surface area contributed by atoms with E-state index in [-0.39, 0.29) is 41.7 Å². The van der Waals surface area contributed by atoms with Gasteiger partial charge in [0.1, 0.15) is 0 Å². The molecule has 0 spiro atoms. The van der Waals surface area contributed by atoms with Crippen LogP contribution in [0, 0.1) is 0 Å². The van der Waals surface area contributed by atoms with Gasteiger partial charge in [-0.05, 0) is 35.7 Å². The summed E-state index contributed by atoms with van der Waals surface area (Å²) >= 11 is 0. The number of hydrogen-bond donors (Lipinski definition) is 4. The van der Waals surface area contributed by atoms with Gasteiger partial charge in [-0.1, -0.05) is 30.3 Å². The van der Waals surface area contributed by atoms with Gasteiger partial charge in [0.05, 0.1) is 0 Å². The second-order valence-corrected chi connectivity index (χ2v) is 7.04. The van der Waals surface area contributed by atoms with E-state index >= 15 is 0 Å². The molecule has 1 atom stereocenters. The molecule has 1 heterocycles. The lowest BCUT2D eigenvalue weighted by Gasteiger charge is -2.26. The first-order chi connectivity index (χ1) is 14.0. The number of fused-ring (bicyclic) bond motifs is 1. The monoisotopic (exact) mass is 521 g/mol. The molecule has 1 aliphatic rings. The minimum Gasteiger partial charge on any atom is -0.356 e. The molecule has 0 fully saturated rings. The summed E-state index contributed by atoms with van der Waals surface area (Å²) in [4.78, 5) is 27.3. The van der Waals surface area contributed by atoms with Gasteiger partial charge in [0.2, 0.25) is 11.8 Å². The topological polar surface area (TPSA) is 94.6 Å². The lowest BCUT2D eigenvalue weighted by Crippen LogP contribution is -2.41. The smallest absolute Gasteiger partial charge is 0.225 e. The van der Waals surface area contributed by atoms with E-state index in [1.54, 1.807) is 7.05 Å². The van der Waals surface area contributed by atoms with Crippen molar-refractivity contribution in [3.63, 3.8) is 0 Å². The minimum absolute atomic E-state index is 0. The Kier molecular flexibility index (Phi) is 9.10. The summed E-state index contributed by atoms with van der Waals surface area (Å²) in [6.45, 7) is 2.85. The van der Waals surface area contributed by atoms with Gasteiger partial charge in [-0.15, -0.1) is 24.0 Å². The second-order valence-electron chi connectivity index (χ2n) is 7.04. The van der Waals surface area contributed by atoms with Crippen LogP contribution in [0.25, 0.3) is 0 Å². The SMILES string of the molecule is CN=C(NCCc1ccc(NC(C)=O)cc1)NCC1CC(=O)Nc2ccccc21.I. The number of para-hydroxylation sites is 1. The summed E-state index contributed by atoms with van der Waals surface area (Å²) in [6.07, 6.45) is 1.29. The molecule has 2 amide bonds. The fraction of sp³-hybridized carbons (Fsp3) is 0.318. The van der Waals surface area contributed by atoms with Crippen LogP contribution in [0.15, 0.2) is 53.5 Å². The van der Waals surface area contributed by atoms with Gasteiger partial charge in [0.25, 0.3) is 0 Å². The fourth-order valence-electron chi connectivity index (χ4n) is 3.41. The summed E-state index contributed by atoms with van der Waals surface area (Å²) in [5.74, 6) is 0.789. The van der Waals surface area contributed by atoms with Gasteiger partial charge >= 0.3 is 0 Å². The highest BCUT2D eigenvalue weighted by Crippen LogP contribution is 2.31. The van der Waals surface area contributed by atoms with E-state index < -0.39 is 0 Å². The third kappa shape index (κ3) is 6.72. The third-order valence-electron chi connectivity index (χ3n) is 4.83. The van der Waals surface area contributed by atoms with Crippen LogP contribution in [0.1, 0.15) is 30.4 Å². The number of amides is 2. The van der Waals surface area contributed by atoms with E-state index in [9.17, 15) is 9.59 Å². The summed E-state index contributed by atoms with van der Waals surface area (Å²) in [7, 11) is 1.74. The van der Waals surface area contributed by atoms with Crippen molar-refractivity contribution < 1.29 is 9.59 Å². The zero-order chi connectivity index (χ0) is 20.6. The van der Waals surface area contributed by atoms with Crippen molar-refractivity contribution in [2.24, 2.45) is 4.99 Å². The maximum absolute atomic E-state index is 12.0. The molecule has 160 valence electrons. The van der Waals surface area contributed by atoms with Crippen LogP contribution in [0.5, 0.6) is 0 Å². The molecule has 0 saturated carbocycles. The number of hydrogen-bond acceptors (Lipinski definition) is 3. The van der Waals surface area contributed by atoms with Gasteiger partial charge < -0.3 is 21.3 Å². The summed E-state index contributed by atoms with van der Waals surface area (Å²) in [6, 6.07) is 15.7. The third-order valence-corrected chi connectivity index (χ3v) is 4.83. The molecule has 2 aromatic carbocycles. The van der Waals surface area contributed by atoms with E-state index in [4.69, 9.17) is 0 Å². The standard InChI is InChI=1S/C22H27N5O2.HI/c1-15(28)26-18-9-7-16(8-10-18)11-12-24-22(23-2)25-14-17-13-21(29)27-20-6-4-3-5-19(17)20;/h3-10,17H,11-14H2,1-2H3,(H,26,28)(H,27,29)(H2,23,24,25);1H. The first kappa shape index (κ1) is 23.7. The molecule has 0 bridgehead atoms. The first-order valence-electron chi connectivity index (χ1n) is 9.75. The Morgan fingerprint density at radius 3 is 2.57 bits per heavy atom. The molecular weight excluding hydrogens is 493 g/mol. The number of anilines is 2. The molecule has 8 heteroatoms. The van der Waals surface area contributed by atoms with E-state index in [2.05, 4.69) is 32.3 Å². The highest BCUT2D eigenvalue weighted by molar-refractivity contribution is 14.0. The minimum atomic E-state index is -0.0765. The second kappa shape index (κ2) is 11.5. The largest absolute Gasteiger partial charge is 0.356 e. The maximum Gasteiger partial charge on any atom is 0.225 e. The number of carbonyl (C=O) groups is 2. The Labute approximate surface area is 194 Å². The lowest BCUT2D eigenvalue weighted by molar-refractivity contribution is -0.117. The van der Waals surface area contributed by atoms with Gasteiger partial charge in [-0.3, -0.25) is 14.6 Å². The Balaban J connectivity index is 0.00000320. The molecule has 30 heavy (non-hydrogen) atoms. The number of halogens is 1. The number of nitrogens with zero attached hydrogens (tertiary/aromatic N) is 1. The average molecular weight is 521 g/mol. The van der Waals surface area contributed by atoms with E-state index in [0.717, 1.165) is 29.9 Å². The molecule has 1 aliphatic heterocycles.